The smallest absolute Gasteiger partial charge is 0.234 e. The molecule has 2 N–H and O–H groups in total. The van der Waals surface area contributed by atoms with E-state index >= 15 is 0 Å². The summed E-state index contributed by atoms with van der Waals surface area (Å²) in [4.78, 5) is 14.0. The summed E-state index contributed by atoms with van der Waals surface area (Å²) in [5.74, 6) is 0.146. The second-order valence-corrected chi connectivity index (χ2v) is 5.66. The van der Waals surface area contributed by atoms with Gasteiger partial charge < -0.3 is 10.6 Å². The molecule has 0 saturated carbocycles. The first-order chi connectivity index (χ1) is 9.15. The van der Waals surface area contributed by atoms with E-state index in [1.54, 1.807) is 0 Å². The second kappa shape index (κ2) is 4.94. The van der Waals surface area contributed by atoms with Gasteiger partial charge in [0, 0.05) is 31.7 Å². The van der Waals surface area contributed by atoms with E-state index in [1.807, 2.05) is 0 Å². The Hall–Kier alpha value is -1.39. The predicted molar refractivity (Wildman–Crippen MR) is 75.0 cm³/mol. The molecule has 2 aliphatic rings. The number of nitrogens with one attached hydrogen (secondary N) is 2. The third kappa shape index (κ3) is 2.38. The van der Waals surface area contributed by atoms with E-state index in [0.717, 1.165) is 19.6 Å². The van der Waals surface area contributed by atoms with Crippen molar-refractivity contribution in [2.24, 2.45) is 0 Å². The fraction of sp³-hybridized carbons (Fsp3) is 0.533. The van der Waals surface area contributed by atoms with Gasteiger partial charge in [-0.05, 0) is 25.0 Å². The van der Waals surface area contributed by atoms with E-state index in [2.05, 4.69) is 47.6 Å². The van der Waals surface area contributed by atoms with Gasteiger partial charge in [0.1, 0.15) is 0 Å². The molecular formula is C15H21N3O. The number of rotatable bonds is 1. The number of hydrogen-bond donors (Lipinski definition) is 2. The van der Waals surface area contributed by atoms with Gasteiger partial charge in [-0.15, -0.1) is 0 Å². The molecule has 2 fully saturated rings. The number of fused-ring (bicyclic) bond motifs is 1. The Labute approximate surface area is 114 Å². The minimum Gasteiger partial charge on any atom is -0.353 e. The van der Waals surface area contributed by atoms with Gasteiger partial charge in [-0.3, -0.25) is 9.69 Å². The van der Waals surface area contributed by atoms with Crippen molar-refractivity contribution in [1.29, 1.82) is 0 Å². The fourth-order valence-electron chi connectivity index (χ4n) is 3.25. The largest absolute Gasteiger partial charge is 0.353 e. The van der Waals surface area contributed by atoms with Crippen molar-refractivity contribution >= 4 is 5.91 Å². The van der Waals surface area contributed by atoms with Gasteiger partial charge in [-0.2, -0.15) is 0 Å². The van der Waals surface area contributed by atoms with Crippen molar-refractivity contribution in [1.82, 2.24) is 15.5 Å². The number of amides is 1. The number of nitrogens with zero attached hydrogens (tertiary/aromatic N) is 1. The molecule has 102 valence electrons. The van der Waals surface area contributed by atoms with Crippen LogP contribution >= 0.6 is 0 Å². The minimum absolute atomic E-state index is 0.146. The molecule has 1 aromatic carbocycles. The number of aryl methyl sites for hydroxylation is 2. The van der Waals surface area contributed by atoms with Gasteiger partial charge in [0.2, 0.25) is 5.91 Å². The summed E-state index contributed by atoms with van der Waals surface area (Å²) < 4.78 is 0. The molecule has 3 rings (SSSR count). The van der Waals surface area contributed by atoms with Gasteiger partial charge in [0.05, 0.1) is 6.54 Å². The Balaban J connectivity index is 1.91. The molecular weight excluding hydrogens is 238 g/mol. The Morgan fingerprint density at radius 2 is 2.05 bits per heavy atom. The van der Waals surface area contributed by atoms with Crippen LogP contribution in [0.25, 0.3) is 0 Å². The monoisotopic (exact) mass is 259 g/mol. The zero-order valence-corrected chi connectivity index (χ0v) is 11.6. The van der Waals surface area contributed by atoms with Gasteiger partial charge in [-0.25, -0.2) is 0 Å². The van der Waals surface area contributed by atoms with E-state index in [0.29, 0.717) is 18.6 Å². The van der Waals surface area contributed by atoms with E-state index < -0.39 is 0 Å². The summed E-state index contributed by atoms with van der Waals surface area (Å²) in [5, 5.41) is 6.45. The van der Waals surface area contributed by atoms with Gasteiger partial charge in [0.15, 0.2) is 0 Å². The summed E-state index contributed by atoms with van der Waals surface area (Å²) in [7, 11) is 0. The lowest BCUT2D eigenvalue weighted by atomic mass is 9.94. The second-order valence-electron chi connectivity index (χ2n) is 5.66. The number of carbonyl (C=O) groups excluding carboxylic acids is 1. The highest BCUT2D eigenvalue weighted by Crippen LogP contribution is 2.28. The van der Waals surface area contributed by atoms with Gasteiger partial charge >= 0.3 is 0 Å². The average molecular weight is 259 g/mol. The van der Waals surface area contributed by atoms with Crippen LogP contribution in [0.15, 0.2) is 18.2 Å². The first-order valence-electron chi connectivity index (χ1n) is 6.95. The molecule has 4 nitrogen and oxygen atoms in total. The van der Waals surface area contributed by atoms with Crippen molar-refractivity contribution in [3.8, 4) is 0 Å². The first kappa shape index (κ1) is 12.6. The van der Waals surface area contributed by atoms with Crippen LogP contribution in [0.3, 0.4) is 0 Å². The van der Waals surface area contributed by atoms with E-state index in [-0.39, 0.29) is 5.91 Å². The summed E-state index contributed by atoms with van der Waals surface area (Å²) >= 11 is 0. The maximum atomic E-state index is 11.7. The summed E-state index contributed by atoms with van der Waals surface area (Å²) in [6.07, 6.45) is 0. The Morgan fingerprint density at radius 3 is 2.84 bits per heavy atom. The summed E-state index contributed by atoms with van der Waals surface area (Å²) in [6.45, 7) is 7.44. The highest BCUT2D eigenvalue weighted by molar-refractivity contribution is 5.79. The number of carbonyl (C=O) groups is 1. The van der Waals surface area contributed by atoms with Crippen LogP contribution in [0.5, 0.6) is 0 Å². The molecule has 19 heavy (non-hydrogen) atoms. The average Bonchev–Trinajstić information content (AvgIpc) is 2.38. The normalized spacial score (nSPS) is 27.8. The molecule has 2 unspecified atom stereocenters. The molecule has 0 aromatic heterocycles. The molecule has 1 aromatic rings. The molecule has 0 radical (unpaired) electrons. The quantitative estimate of drug-likeness (QED) is 0.782. The van der Waals surface area contributed by atoms with Crippen molar-refractivity contribution < 1.29 is 4.79 Å². The fourth-order valence-corrected chi connectivity index (χ4v) is 3.25. The predicted octanol–water partition coefficient (Wildman–Crippen LogP) is 0.748. The molecule has 4 heteroatoms. The third-order valence-electron chi connectivity index (χ3n) is 4.23. The molecule has 0 aliphatic carbocycles. The van der Waals surface area contributed by atoms with E-state index in [4.69, 9.17) is 0 Å². The van der Waals surface area contributed by atoms with Crippen molar-refractivity contribution in [3.05, 3.63) is 34.9 Å². The van der Waals surface area contributed by atoms with Crippen LogP contribution in [0.2, 0.25) is 0 Å². The SMILES string of the molecule is Cc1ccc(C2CNCC3CNC(=O)CN32)c(C)c1. The highest BCUT2D eigenvalue weighted by Gasteiger charge is 2.36. The minimum atomic E-state index is 0.146. The molecule has 2 atom stereocenters. The first-order valence-corrected chi connectivity index (χ1v) is 6.95. The number of piperazine rings is 2. The zero-order chi connectivity index (χ0) is 13.4. The third-order valence-corrected chi connectivity index (χ3v) is 4.23. The van der Waals surface area contributed by atoms with Crippen molar-refractivity contribution in [2.45, 2.75) is 25.9 Å². The molecule has 2 saturated heterocycles. The van der Waals surface area contributed by atoms with Crippen LogP contribution in [0, 0.1) is 13.8 Å². The van der Waals surface area contributed by atoms with Crippen LogP contribution in [0.1, 0.15) is 22.7 Å². The van der Waals surface area contributed by atoms with Gasteiger partial charge in [-0.1, -0.05) is 23.8 Å². The maximum absolute atomic E-state index is 11.7. The maximum Gasteiger partial charge on any atom is 0.234 e. The standard InChI is InChI=1S/C15H21N3O/c1-10-3-4-13(11(2)5-10)14-8-16-6-12-7-17-15(19)9-18(12)14/h3-5,12,14,16H,6-9H2,1-2H3,(H,17,19). The van der Waals surface area contributed by atoms with Crippen molar-refractivity contribution in [2.75, 3.05) is 26.2 Å². The Kier molecular flexibility index (Phi) is 3.29. The molecule has 0 bridgehead atoms. The lowest BCUT2D eigenvalue weighted by molar-refractivity contribution is -0.127. The molecule has 0 spiro atoms. The van der Waals surface area contributed by atoms with Gasteiger partial charge in [0.25, 0.3) is 0 Å². The van der Waals surface area contributed by atoms with E-state index in [9.17, 15) is 4.79 Å². The Morgan fingerprint density at radius 1 is 1.21 bits per heavy atom. The van der Waals surface area contributed by atoms with Crippen LogP contribution in [-0.4, -0.2) is 43.0 Å². The molecule has 2 aliphatic heterocycles. The molecule has 2 heterocycles. The Bertz CT molecular complexity index is 500. The highest BCUT2D eigenvalue weighted by atomic mass is 16.2. The van der Waals surface area contributed by atoms with E-state index in [1.165, 1.54) is 16.7 Å². The molecule has 1 amide bonds. The number of benzene rings is 1. The zero-order valence-electron chi connectivity index (χ0n) is 11.6. The van der Waals surface area contributed by atoms with Crippen molar-refractivity contribution in [3.63, 3.8) is 0 Å². The lowest BCUT2D eigenvalue weighted by Gasteiger charge is -2.45. The summed E-state index contributed by atoms with van der Waals surface area (Å²) in [6, 6.07) is 7.33. The topological polar surface area (TPSA) is 44.4 Å². The van der Waals surface area contributed by atoms with Crippen LogP contribution in [-0.2, 0) is 4.79 Å². The summed E-state index contributed by atoms with van der Waals surface area (Å²) in [5.41, 5.74) is 3.95. The lowest BCUT2D eigenvalue weighted by Crippen LogP contribution is -2.63. The van der Waals surface area contributed by atoms with Crippen LogP contribution < -0.4 is 10.6 Å². The number of hydrogen-bond acceptors (Lipinski definition) is 3. The van der Waals surface area contributed by atoms with Crippen LogP contribution in [0.4, 0.5) is 0 Å².